The molecule has 0 aliphatic heterocycles. The van der Waals surface area contributed by atoms with Crippen molar-refractivity contribution in [1.82, 2.24) is 0 Å². The number of hydrogen-bond donors (Lipinski definition) is 1. The highest BCUT2D eigenvalue weighted by atomic mass is 16.2. The van der Waals surface area contributed by atoms with Crippen molar-refractivity contribution in [2.75, 3.05) is 6.61 Å². The zero-order valence-electron chi connectivity index (χ0n) is 19.1. The first kappa shape index (κ1) is 25.5. The molecule has 1 heteroatoms. The third-order valence-corrected chi connectivity index (χ3v) is 6.39. The van der Waals surface area contributed by atoms with Crippen molar-refractivity contribution in [3.8, 4) is 0 Å². The zero-order valence-corrected chi connectivity index (χ0v) is 19.1. The lowest BCUT2D eigenvalue weighted by molar-refractivity contribution is 0.282. The van der Waals surface area contributed by atoms with E-state index in [9.17, 15) is 0 Å². The summed E-state index contributed by atoms with van der Waals surface area (Å²) in [5, 5.41) is 8.60. The van der Waals surface area contributed by atoms with Crippen molar-refractivity contribution in [1.29, 1.82) is 0 Å². The van der Waals surface area contributed by atoms with Crippen molar-refractivity contribution < 1.29 is 5.11 Å². The lowest BCUT2D eigenvalue weighted by atomic mass is 10.00. The maximum atomic E-state index is 8.60. The molecule has 0 amide bonds. The van der Waals surface area contributed by atoms with E-state index in [0.29, 0.717) is 6.61 Å². The van der Waals surface area contributed by atoms with Crippen LogP contribution in [0.4, 0.5) is 0 Å². The molecule has 0 radical (unpaired) electrons. The van der Waals surface area contributed by atoms with E-state index in [1.807, 2.05) is 0 Å². The molecular formula is C27H50O. The van der Waals surface area contributed by atoms with Gasteiger partial charge in [0.15, 0.2) is 0 Å². The summed E-state index contributed by atoms with van der Waals surface area (Å²) >= 11 is 0. The first-order chi connectivity index (χ1) is 13.9. The number of aliphatic hydroxyl groups excluding tert-OH is 1. The largest absolute Gasteiger partial charge is 0.396 e. The maximum Gasteiger partial charge on any atom is 0.0431 e. The quantitative estimate of drug-likeness (QED) is 0.206. The van der Waals surface area contributed by atoms with Gasteiger partial charge >= 0.3 is 0 Å². The summed E-state index contributed by atoms with van der Waals surface area (Å²) in [6, 6.07) is 0. The fraction of sp³-hybridized carbons (Fsp3) is 0.852. The zero-order chi connectivity index (χ0) is 20.1. The van der Waals surface area contributed by atoms with E-state index in [0.717, 1.165) is 18.3 Å². The Morgan fingerprint density at radius 2 is 1.04 bits per heavy atom. The lowest BCUT2D eigenvalue weighted by Crippen LogP contribution is -1.91. The van der Waals surface area contributed by atoms with Crippen LogP contribution in [-0.2, 0) is 0 Å². The van der Waals surface area contributed by atoms with Crippen LogP contribution in [0.25, 0.3) is 0 Å². The SMILES string of the molecule is CCCCCCCCC[C@@H]1C=CCC1.OCCCCCCCC[C@@H]1C=CCC1. The molecule has 0 spiro atoms. The van der Waals surface area contributed by atoms with Crippen molar-refractivity contribution in [3.05, 3.63) is 24.3 Å². The molecule has 0 aromatic rings. The summed E-state index contributed by atoms with van der Waals surface area (Å²) in [7, 11) is 0. The molecule has 2 aliphatic rings. The lowest BCUT2D eigenvalue weighted by Gasteiger charge is -2.06. The van der Waals surface area contributed by atoms with Gasteiger partial charge in [-0.3, -0.25) is 0 Å². The molecule has 164 valence electrons. The molecule has 0 aromatic heterocycles. The van der Waals surface area contributed by atoms with E-state index >= 15 is 0 Å². The Labute approximate surface area is 177 Å². The van der Waals surface area contributed by atoms with Gasteiger partial charge in [0.1, 0.15) is 0 Å². The van der Waals surface area contributed by atoms with E-state index < -0.39 is 0 Å². The van der Waals surface area contributed by atoms with Crippen molar-refractivity contribution >= 4 is 0 Å². The second-order valence-corrected chi connectivity index (χ2v) is 9.07. The molecule has 1 N–H and O–H groups in total. The summed E-state index contributed by atoms with van der Waals surface area (Å²) < 4.78 is 0. The Balaban J connectivity index is 0.000000280. The molecule has 2 rings (SSSR count). The number of rotatable bonds is 16. The first-order valence-corrected chi connectivity index (χ1v) is 12.8. The van der Waals surface area contributed by atoms with Gasteiger partial charge in [-0.1, -0.05) is 108 Å². The minimum absolute atomic E-state index is 0.368. The van der Waals surface area contributed by atoms with Gasteiger partial charge in [0, 0.05) is 6.61 Å². The fourth-order valence-corrected chi connectivity index (χ4v) is 4.46. The molecule has 2 aliphatic carbocycles. The molecule has 0 heterocycles. The third kappa shape index (κ3) is 15.4. The minimum Gasteiger partial charge on any atom is -0.396 e. The minimum atomic E-state index is 0.368. The molecule has 28 heavy (non-hydrogen) atoms. The third-order valence-electron chi connectivity index (χ3n) is 6.39. The van der Waals surface area contributed by atoms with Crippen LogP contribution in [0, 0.1) is 11.8 Å². The summed E-state index contributed by atoms with van der Waals surface area (Å²) in [5.41, 5.74) is 0. The Hall–Kier alpha value is -0.560. The molecule has 2 atom stereocenters. The van der Waals surface area contributed by atoms with E-state index in [2.05, 4.69) is 31.2 Å². The Morgan fingerprint density at radius 3 is 1.43 bits per heavy atom. The highest BCUT2D eigenvalue weighted by Gasteiger charge is 2.08. The summed E-state index contributed by atoms with van der Waals surface area (Å²) in [6.07, 6.45) is 35.6. The highest BCUT2D eigenvalue weighted by Crippen LogP contribution is 2.24. The molecular weight excluding hydrogens is 340 g/mol. The van der Waals surface area contributed by atoms with Crippen LogP contribution < -0.4 is 0 Å². The standard InChI is InChI=1S/C14H26.C13H24O/c1-2-3-4-5-6-7-8-11-14-12-9-10-13-14;14-12-8-4-2-1-3-5-9-13-10-6-7-11-13/h9,12,14H,2-8,10-11,13H2,1H3;6,10,13-14H,1-5,7-9,11-12H2/t14-;13-/m11/s1. The smallest absolute Gasteiger partial charge is 0.0431 e. The summed E-state index contributed by atoms with van der Waals surface area (Å²) in [4.78, 5) is 0. The predicted molar refractivity (Wildman–Crippen MR) is 126 cm³/mol. The first-order valence-electron chi connectivity index (χ1n) is 12.8. The van der Waals surface area contributed by atoms with Gasteiger partial charge in [-0.15, -0.1) is 0 Å². The number of hydrogen-bond acceptors (Lipinski definition) is 1. The summed E-state index contributed by atoms with van der Waals surface area (Å²) in [6.45, 7) is 2.65. The van der Waals surface area contributed by atoms with Gasteiger partial charge in [-0.2, -0.15) is 0 Å². The predicted octanol–water partition coefficient (Wildman–Crippen LogP) is 8.77. The second kappa shape index (κ2) is 19.7. The van der Waals surface area contributed by atoms with Gasteiger partial charge in [0.05, 0.1) is 0 Å². The highest BCUT2D eigenvalue weighted by molar-refractivity contribution is 4.96. The average Bonchev–Trinajstić information content (AvgIpc) is 3.41. The Kier molecular flexibility index (Phi) is 18.0. The Morgan fingerprint density at radius 1 is 0.607 bits per heavy atom. The van der Waals surface area contributed by atoms with Crippen LogP contribution >= 0.6 is 0 Å². The van der Waals surface area contributed by atoms with Crippen LogP contribution in [0.3, 0.4) is 0 Å². The van der Waals surface area contributed by atoms with Crippen molar-refractivity contribution in [3.63, 3.8) is 0 Å². The monoisotopic (exact) mass is 390 g/mol. The Bertz CT molecular complexity index is 334. The van der Waals surface area contributed by atoms with Crippen LogP contribution in [0.15, 0.2) is 24.3 Å². The topological polar surface area (TPSA) is 20.2 Å². The molecule has 0 saturated heterocycles. The second-order valence-electron chi connectivity index (χ2n) is 9.07. The van der Waals surface area contributed by atoms with Crippen LogP contribution in [-0.4, -0.2) is 11.7 Å². The molecule has 0 bridgehead atoms. The van der Waals surface area contributed by atoms with E-state index in [-0.39, 0.29) is 0 Å². The van der Waals surface area contributed by atoms with Gasteiger partial charge in [-0.25, -0.2) is 0 Å². The van der Waals surface area contributed by atoms with Crippen molar-refractivity contribution in [2.24, 2.45) is 11.8 Å². The van der Waals surface area contributed by atoms with Gasteiger partial charge in [0.2, 0.25) is 0 Å². The number of unbranched alkanes of at least 4 members (excludes halogenated alkanes) is 11. The van der Waals surface area contributed by atoms with Gasteiger partial charge < -0.3 is 5.11 Å². The molecule has 0 fully saturated rings. The average molecular weight is 391 g/mol. The maximum absolute atomic E-state index is 8.60. The molecule has 0 aromatic carbocycles. The molecule has 1 nitrogen and oxygen atoms in total. The van der Waals surface area contributed by atoms with Crippen LogP contribution in [0.5, 0.6) is 0 Å². The van der Waals surface area contributed by atoms with E-state index in [1.165, 1.54) is 116 Å². The van der Waals surface area contributed by atoms with Gasteiger partial charge in [-0.05, 0) is 56.8 Å². The van der Waals surface area contributed by atoms with E-state index in [4.69, 9.17) is 5.11 Å². The van der Waals surface area contributed by atoms with Gasteiger partial charge in [0.25, 0.3) is 0 Å². The van der Waals surface area contributed by atoms with E-state index in [1.54, 1.807) is 0 Å². The van der Waals surface area contributed by atoms with Crippen LogP contribution in [0.2, 0.25) is 0 Å². The number of aliphatic hydroxyl groups is 1. The fourth-order valence-electron chi connectivity index (χ4n) is 4.46. The van der Waals surface area contributed by atoms with Crippen molar-refractivity contribution in [2.45, 2.75) is 129 Å². The summed E-state index contributed by atoms with van der Waals surface area (Å²) in [5.74, 6) is 1.83. The normalized spacial score (nSPS) is 20.5. The number of allylic oxidation sites excluding steroid dienone is 4. The molecule has 0 unspecified atom stereocenters. The van der Waals surface area contributed by atoms with Crippen LogP contribution in [0.1, 0.15) is 129 Å². The molecule has 0 saturated carbocycles.